The molecule has 3 aromatic rings. The number of methoxy groups -OCH3 is 2. The number of benzene rings is 2. The van der Waals surface area contributed by atoms with Crippen molar-refractivity contribution in [2.24, 2.45) is 11.8 Å². The highest BCUT2D eigenvalue weighted by atomic mass is 19.1. The van der Waals surface area contributed by atoms with Gasteiger partial charge in [0, 0.05) is 17.8 Å². The molecule has 0 N–H and O–H groups in total. The summed E-state index contributed by atoms with van der Waals surface area (Å²) in [6.45, 7) is 1.96. The second-order valence-electron chi connectivity index (χ2n) is 9.58. The molecule has 4 nitrogen and oxygen atoms in total. The van der Waals surface area contributed by atoms with Crippen LogP contribution in [0.4, 0.5) is 4.39 Å². The number of esters is 1. The van der Waals surface area contributed by atoms with Gasteiger partial charge in [-0.1, -0.05) is 43.3 Å². The second kappa shape index (κ2) is 9.65. The van der Waals surface area contributed by atoms with Gasteiger partial charge in [0.05, 0.1) is 20.1 Å². The second-order valence-corrected chi connectivity index (χ2v) is 9.58. The van der Waals surface area contributed by atoms with E-state index in [1.807, 2.05) is 25.1 Å². The largest absolute Gasteiger partial charge is 0.481 e. The number of nitrogens with zero attached hydrogens (tertiary/aromatic N) is 1. The quantitative estimate of drug-likeness (QED) is 0.360. The van der Waals surface area contributed by atoms with E-state index in [-0.39, 0.29) is 23.6 Å². The molecule has 180 valence electrons. The Hall–Kier alpha value is -3.47. The van der Waals surface area contributed by atoms with Crippen molar-refractivity contribution in [3.63, 3.8) is 0 Å². The third-order valence-corrected chi connectivity index (χ3v) is 7.38. The van der Waals surface area contributed by atoms with Crippen LogP contribution >= 0.6 is 0 Å². The van der Waals surface area contributed by atoms with Crippen molar-refractivity contribution in [1.29, 1.82) is 0 Å². The summed E-state index contributed by atoms with van der Waals surface area (Å²) in [6.07, 6.45) is 7.72. The summed E-state index contributed by atoms with van der Waals surface area (Å²) in [6, 6.07) is 15.6. The predicted molar refractivity (Wildman–Crippen MR) is 135 cm³/mol. The minimum absolute atomic E-state index is 0.153. The molecule has 0 unspecified atom stereocenters. The Labute approximate surface area is 205 Å². The van der Waals surface area contributed by atoms with E-state index in [0.29, 0.717) is 17.4 Å². The average Bonchev–Trinajstić information content (AvgIpc) is 3.73. The molecule has 2 aromatic carbocycles. The minimum Gasteiger partial charge on any atom is -0.481 e. The summed E-state index contributed by atoms with van der Waals surface area (Å²) >= 11 is 0. The number of hydrogen-bond acceptors (Lipinski definition) is 4. The molecule has 0 bridgehead atoms. The molecule has 1 saturated carbocycles. The van der Waals surface area contributed by atoms with Crippen LogP contribution in [0.15, 0.2) is 54.7 Å². The maximum absolute atomic E-state index is 15.3. The normalized spacial score (nSPS) is 16.6. The molecule has 2 aliphatic rings. The van der Waals surface area contributed by atoms with E-state index in [9.17, 15) is 4.79 Å². The van der Waals surface area contributed by atoms with Gasteiger partial charge in [-0.05, 0) is 83.0 Å². The number of carbonyl (C=O) groups is 1. The highest BCUT2D eigenvalue weighted by Gasteiger charge is 2.39. The first kappa shape index (κ1) is 23.3. The summed E-state index contributed by atoms with van der Waals surface area (Å²) in [4.78, 5) is 16.4. The van der Waals surface area contributed by atoms with Gasteiger partial charge in [-0.15, -0.1) is 0 Å². The number of carbonyl (C=O) groups excluding carboxylic acids is 1. The topological polar surface area (TPSA) is 48.4 Å². The zero-order valence-corrected chi connectivity index (χ0v) is 20.4. The number of aromatic nitrogens is 1. The zero-order valence-electron chi connectivity index (χ0n) is 20.4. The van der Waals surface area contributed by atoms with Gasteiger partial charge in [0.15, 0.2) is 0 Å². The SMILES string of the molecule is COC(=O)[C@H](C)[C@H](c1ccc2c(c1)C=C(c1ccc(-c3ccnc(OC)c3)cc1F)CC2)C1CC1. The highest BCUT2D eigenvalue weighted by Crippen LogP contribution is 2.47. The molecule has 0 spiro atoms. The molecular formula is C30H30FNO3. The fraction of sp³-hybridized carbons (Fsp3) is 0.333. The first-order chi connectivity index (χ1) is 17.0. The monoisotopic (exact) mass is 471 g/mol. The Balaban J connectivity index is 1.46. The van der Waals surface area contributed by atoms with Gasteiger partial charge in [0.25, 0.3) is 0 Å². The Morgan fingerprint density at radius 3 is 2.54 bits per heavy atom. The first-order valence-electron chi connectivity index (χ1n) is 12.2. The van der Waals surface area contributed by atoms with Crippen molar-refractivity contribution in [2.45, 2.75) is 38.5 Å². The summed E-state index contributed by atoms with van der Waals surface area (Å²) in [5.74, 6) is 0.588. The van der Waals surface area contributed by atoms with E-state index in [0.717, 1.165) is 47.9 Å². The van der Waals surface area contributed by atoms with Crippen molar-refractivity contribution in [1.82, 2.24) is 4.98 Å². The number of fused-ring (bicyclic) bond motifs is 1. The summed E-state index contributed by atoms with van der Waals surface area (Å²) in [7, 11) is 3.02. The molecule has 5 heteroatoms. The van der Waals surface area contributed by atoms with Crippen molar-refractivity contribution < 1.29 is 18.7 Å². The number of ether oxygens (including phenoxy) is 2. The van der Waals surface area contributed by atoms with Crippen LogP contribution in [0.1, 0.15) is 54.4 Å². The summed E-state index contributed by atoms with van der Waals surface area (Å²) < 4.78 is 25.5. The van der Waals surface area contributed by atoms with Gasteiger partial charge in [-0.3, -0.25) is 4.79 Å². The lowest BCUT2D eigenvalue weighted by Crippen LogP contribution is -2.22. The smallest absolute Gasteiger partial charge is 0.309 e. The van der Waals surface area contributed by atoms with Crippen molar-refractivity contribution in [3.8, 4) is 17.0 Å². The Morgan fingerprint density at radius 1 is 1.03 bits per heavy atom. The standard InChI is InChI=1S/C30H30FNO3/c1-18(30(33)35-3)29(20-6-7-20)24-9-5-19-4-8-23(14-25(19)15-24)26-11-10-21(16-27(26)31)22-12-13-32-28(17-22)34-2/h5,9-18,20,29H,4,6-8H2,1-3H3/t18-,29+/m1/s1. The molecule has 2 aliphatic carbocycles. The molecule has 1 aromatic heterocycles. The third kappa shape index (κ3) is 4.72. The van der Waals surface area contributed by atoms with E-state index in [2.05, 4.69) is 29.3 Å². The fourth-order valence-electron chi connectivity index (χ4n) is 5.34. The summed E-state index contributed by atoms with van der Waals surface area (Å²) in [5, 5.41) is 0. The molecular weight excluding hydrogens is 441 g/mol. The van der Waals surface area contributed by atoms with Crippen LogP contribution in [-0.2, 0) is 16.0 Å². The van der Waals surface area contributed by atoms with Crippen molar-refractivity contribution in [3.05, 3.63) is 82.8 Å². The number of pyridine rings is 1. The fourth-order valence-corrected chi connectivity index (χ4v) is 5.34. The van der Waals surface area contributed by atoms with Crippen LogP contribution in [0.3, 0.4) is 0 Å². The van der Waals surface area contributed by atoms with Gasteiger partial charge < -0.3 is 9.47 Å². The van der Waals surface area contributed by atoms with Crippen LogP contribution in [0.5, 0.6) is 5.88 Å². The number of allylic oxidation sites excluding steroid dienone is 1. The van der Waals surface area contributed by atoms with E-state index in [1.165, 1.54) is 18.2 Å². The van der Waals surface area contributed by atoms with Gasteiger partial charge in [-0.25, -0.2) is 9.37 Å². The molecule has 0 aliphatic heterocycles. The molecule has 0 radical (unpaired) electrons. The lowest BCUT2D eigenvalue weighted by atomic mass is 9.80. The lowest BCUT2D eigenvalue weighted by molar-refractivity contribution is -0.145. The molecule has 5 rings (SSSR count). The van der Waals surface area contributed by atoms with Gasteiger partial charge >= 0.3 is 5.97 Å². The first-order valence-corrected chi connectivity index (χ1v) is 12.2. The van der Waals surface area contributed by atoms with E-state index < -0.39 is 0 Å². The number of hydrogen-bond donors (Lipinski definition) is 0. The number of aryl methyl sites for hydroxylation is 1. The zero-order chi connectivity index (χ0) is 24.5. The highest BCUT2D eigenvalue weighted by molar-refractivity contribution is 5.85. The van der Waals surface area contributed by atoms with Gasteiger partial charge in [-0.2, -0.15) is 0 Å². The Kier molecular flexibility index (Phi) is 6.42. The van der Waals surface area contributed by atoms with Crippen LogP contribution in [-0.4, -0.2) is 25.2 Å². The van der Waals surface area contributed by atoms with Crippen LogP contribution < -0.4 is 4.74 Å². The van der Waals surface area contributed by atoms with Crippen molar-refractivity contribution >= 4 is 17.6 Å². The van der Waals surface area contributed by atoms with Gasteiger partial charge in [0.2, 0.25) is 5.88 Å². The van der Waals surface area contributed by atoms with Crippen LogP contribution in [0, 0.1) is 17.7 Å². The summed E-state index contributed by atoms with van der Waals surface area (Å²) in [5.41, 5.74) is 6.83. The van der Waals surface area contributed by atoms with Crippen LogP contribution in [0.25, 0.3) is 22.8 Å². The molecule has 2 atom stereocenters. The number of rotatable bonds is 7. The molecule has 35 heavy (non-hydrogen) atoms. The van der Waals surface area contributed by atoms with E-state index in [4.69, 9.17) is 9.47 Å². The molecule has 0 saturated heterocycles. The predicted octanol–water partition coefficient (Wildman–Crippen LogP) is 6.69. The van der Waals surface area contributed by atoms with Gasteiger partial charge in [0.1, 0.15) is 5.82 Å². The van der Waals surface area contributed by atoms with E-state index in [1.54, 1.807) is 25.4 Å². The van der Waals surface area contributed by atoms with E-state index >= 15 is 4.39 Å². The Morgan fingerprint density at radius 2 is 1.83 bits per heavy atom. The maximum Gasteiger partial charge on any atom is 0.309 e. The lowest BCUT2D eigenvalue weighted by Gasteiger charge is -2.25. The maximum atomic E-state index is 15.3. The average molecular weight is 472 g/mol. The minimum atomic E-state index is -0.237. The van der Waals surface area contributed by atoms with Crippen LogP contribution in [0.2, 0.25) is 0 Å². The third-order valence-electron chi connectivity index (χ3n) is 7.38. The number of halogens is 1. The molecule has 0 amide bonds. The Bertz CT molecular complexity index is 1290. The van der Waals surface area contributed by atoms with Crippen molar-refractivity contribution in [2.75, 3.05) is 14.2 Å². The molecule has 1 fully saturated rings. The molecule has 1 heterocycles.